The Bertz CT molecular complexity index is 3.90. The fourth-order valence-electron chi connectivity index (χ4n) is 0. The van der Waals surface area contributed by atoms with E-state index in [9.17, 15) is 0 Å². The number of rotatable bonds is 0. The molecule has 0 saturated heterocycles. The molecule has 1 heteroatoms. The maximum absolute atomic E-state index is 3.25. The fraction of sp³-hybridized carbons (Fsp3) is 0.600. The van der Waals surface area contributed by atoms with Gasteiger partial charge in [0.25, 0.3) is 0 Å². The second-order valence-electron chi connectivity index (χ2n) is 0. The molecule has 0 atom stereocenters. The first-order valence-corrected chi connectivity index (χ1v) is 0.707. The predicted molar refractivity (Wildman–Crippen MR) is 30.9 cm³/mol. The van der Waals surface area contributed by atoms with Gasteiger partial charge in [-0.15, -0.1) is 0 Å². The van der Waals surface area contributed by atoms with E-state index < -0.39 is 0 Å². The molecule has 0 unspecified atom stereocenters. The van der Waals surface area contributed by atoms with Gasteiger partial charge in [0.2, 0.25) is 0 Å². The molecule has 0 heterocycles. The molecule has 0 aromatic rings. The van der Waals surface area contributed by atoms with E-state index in [1.165, 1.54) is 0 Å². The van der Waals surface area contributed by atoms with E-state index in [1.807, 2.05) is 0 Å². The molecule has 0 radical (unpaired) electrons. The van der Waals surface area contributed by atoms with Crippen molar-refractivity contribution in [3.63, 3.8) is 0 Å². The van der Waals surface area contributed by atoms with Gasteiger partial charge in [0, 0.05) is 0 Å². The molecule has 0 aliphatic heterocycles. The van der Waals surface area contributed by atoms with Crippen molar-refractivity contribution < 1.29 is 51.4 Å². The summed E-state index contributed by atoms with van der Waals surface area (Å²) in [5.74, 6) is 0. The van der Waals surface area contributed by atoms with Crippen LogP contribution < -0.4 is 51.4 Å². The van der Waals surface area contributed by atoms with Crippen molar-refractivity contribution >= 4 is 0 Å². The van der Waals surface area contributed by atoms with Crippen molar-refractivity contribution in [1.82, 2.24) is 0 Å². The standard InChI is InChI=1S/C2H5.2CH4.CH3.K/c1-2;;;;/h1H2,2H3;2*1H4;1H3;/q-1;;;-1;+1. The molecule has 0 aliphatic rings. The predicted octanol–water partition coefficient (Wildman–Crippen LogP) is -0.433. The molecule has 0 aliphatic carbocycles. The Morgan fingerprint density at radius 3 is 1.00 bits per heavy atom. The van der Waals surface area contributed by atoms with E-state index in [0.717, 1.165) is 0 Å². The van der Waals surface area contributed by atoms with Crippen LogP contribution in [0.1, 0.15) is 21.8 Å². The molecule has 0 aromatic heterocycles. The Balaban J connectivity index is -0.000000000833. The van der Waals surface area contributed by atoms with Crippen LogP contribution in [0.5, 0.6) is 0 Å². The third-order valence-corrected chi connectivity index (χ3v) is 0. The van der Waals surface area contributed by atoms with E-state index in [4.69, 9.17) is 0 Å². The molecule has 0 aromatic carbocycles. The Kier molecular flexibility index (Phi) is 635. The summed E-state index contributed by atoms with van der Waals surface area (Å²) in [6, 6.07) is 0. The van der Waals surface area contributed by atoms with Crippen molar-refractivity contribution in [2.24, 2.45) is 0 Å². The van der Waals surface area contributed by atoms with Gasteiger partial charge in [-0.3, -0.25) is 0 Å². The van der Waals surface area contributed by atoms with Crippen LogP contribution in [0, 0.1) is 14.4 Å². The van der Waals surface area contributed by atoms with Gasteiger partial charge >= 0.3 is 51.4 Å². The summed E-state index contributed by atoms with van der Waals surface area (Å²) in [4.78, 5) is 0. The van der Waals surface area contributed by atoms with Crippen molar-refractivity contribution in [2.45, 2.75) is 21.8 Å². The van der Waals surface area contributed by atoms with Crippen LogP contribution in [0.25, 0.3) is 0 Å². The van der Waals surface area contributed by atoms with Crippen molar-refractivity contribution in [3.8, 4) is 0 Å². The van der Waals surface area contributed by atoms with Gasteiger partial charge in [-0.05, 0) is 0 Å². The zero-order chi connectivity index (χ0) is 2.00. The van der Waals surface area contributed by atoms with Gasteiger partial charge in [-0.2, -0.15) is 6.92 Å². The normalized spacial score (nSPS) is 1.00. The zero-order valence-electron chi connectivity index (χ0n) is 3.71. The van der Waals surface area contributed by atoms with Crippen LogP contribution in [0.2, 0.25) is 0 Å². The van der Waals surface area contributed by atoms with Gasteiger partial charge < -0.3 is 14.4 Å². The van der Waals surface area contributed by atoms with Gasteiger partial charge in [-0.25, -0.2) is 0 Å². The first kappa shape index (κ1) is 48.4. The molecule has 38 valence electrons. The molecule has 0 nitrogen and oxygen atoms in total. The van der Waals surface area contributed by atoms with Crippen LogP contribution >= 0.6 is 0 Å². The topological polar surface area (TPSA) is 0 Å². The summed E-state index contributed by atoms with van der Waals surface area (Å²) in [5, 5.41) is 0. The summed E-state index contributed by atoms with van der Waals surface area (Å²) < 4.78 is 0. The Morgan fingerprint density at radius 2 is 1.00 bits per heavy atom. The number of hydrogen-bond donors (Lipinski definition) is 0. The van der Waals surface area contributed by atoms with E-state index in [-0.39, 0.29) is 73.7 Å². The molecule has 0 N–H and O–H groups in total. The van der Waals surface area contributed by atoms with Gasteiger partial charge in [-0.1, -0.05) is 14.9 Å². The molecular weight excluding hydrogens is 99.2 g/mol. The Hall–Kier alpha value is 1.64. The number of hydrogen-bond acceptors (Lipinski definition) is 0. The summed E-state index contributed by atoms with van der Waals surface area (Å²) >= 11 is 0. The maximum Gasteiger partial charge on any atom is 1.00 e. The summed E-state index contributed by atoms with van der Waals surface area (Å²) in [6.45, 7) is 5.00. The minimum atomic E-state index is 0. The average molecular weight is 115 g/mol. The summed E-state index contributed by atoms with van der Waals surface area (Å²) in [7, 11) is 0. The molecular formula is C5H16K-. The van der Waals surface area contributed by atoms with Crippen molar-refractivity contribution in [1.29, 1.82) is 0 Å². The minimum Gasteiger partial charge on any atom is -0.358 e. The largest absolute Gasteiger partial charge is 1.00 e. The third kappa shape index (κ3) is 45.2. The van der Waals surface area contributed by atoms with E-state index in [0.29, 0.717) is 0 Å². The summed E-state index contributed by atoms with van der Waals surface area (Å²) in [6.07, 6.45) is 0. The van der Waals surface area contributed by atoms with Crippen LogP contribution in [-0.4, -0.2) is 0 Å². The van der Waals surface area contributed by atoms with Crippen LogP contribution in [-0.2, 0) is 0 Å². The van der Waals surface area contributed by atoms with Gasteiger partial charge in [0.15, 0.2) is 0 Å². The smallest absolute Gasteiger partial charge is 0.358 e. The van der Waals surface area contributed by atoms with E-state index in [1.54, 1.807) is 6.92 Å². The Morgan fingerprint density at radius 1 is 1.00 bits per heavy atom. The van der Waals surface area contributed by atoms with E-state index >= 15 is 0 Å². The molecule has 0 saturated carbocycles. The molecule has 0 bridgehead atoms. The molecule has 0 rings (SSSR count). The minimum absolute atomic E-state index is 0. The van der Waals surface area contributed by atoms with Crippen LogP contribution in [0.4, 0.5) is 0 Å². The summed E-state index contributed by atoms with van der Waals surface area (Å²) in [5.41, 5.74) is 0. The van der Waals surface area contributed by atoms with Crippen LogP contribution in [0.15, 0.2) is 0 Å². The molecule has 0 amide bonds. The maximum atomic E-state index is 3.25. The van der Waals surface area contributed by atoms with Gasteiger partial charge in [0.1, 0.15) is 0 Å². The monoisotopic (exact) mass is 115 g/mol. The van der Waals surface area contributed by atoms with Crippen LogP contribution in [0.3, 0.4) is 0 Å². The first-order valence-electron chi connectivity index (χ1n) is 0.707. The molecule has 0 fully saturated rings. The molecule has 6 heavy (non-hydrogen) atoms. The zero-order valence-corrected chi connectivity index (χ0v) is 6.83. The second-order valence-corrected chi connectivity index (χ2v) is 0. The van der Waals surface area contributed by atoms with Crippen molar-refractivity contribution in [2.75, 3.05) is 0 Å². The third-order valence-electron chi connectivity index (χ3n) is 0. The molecule has 0 spiro atoms. The average Bonchev–Trinajstić information content (AvgIpc) is 1.00. The Labute approximate surface area is 86.1 Å². The SMILES string of the molecule is C.C.[CH2-]C.[CH3-].[K+]. The fourth-order valence-corrected chi connectivity index (χ4v) is 0. The second kappa shape index (κ2) is 78.7. The van der Waals surface area contributed by atoms with Gasteiger partial charge in [0.05, 0.1) is 0 Å². The van der Waals surface area contributed by atoms with E-state index in [2.05, 4.69) is 6.92 Å². The quantitative estimate of drug-likeness (QED) is 0.297. The van der Waals surface area contributed by atoms with Crippen molar-refractivity contribution in [3.05, 3.63) is 14.4 Å². The first-order chi connectivity index (χ1) is 1.00.